The molecule has 0 aliphatic carbocycles. The number of esters is 1. The topological polar surface area (TPSA) is 137 Å². The van der Waals surface area contributed by atoms with Crippen molar-refractivity contribution in [2.45, 2.75) is 26.5 Å². The SMILES string of the molecule is CCOC(=O)C1=C(C)NC(=O)N[C@@H]1c1ccc(OCC(=O)N/N=C\c2cc(Br)c(OCc3ccc(Cl)c(Cl)c3)c(I)c2)c(OC)c1. The van der Waals surface area contributed by atoms with Gasteiger partial charge in [0.05, 0.1) is 49.6 Å². The van der Waals surface area contributed by atoms with Gasteiger partial charge < -0.3 is 29.6 Å². The zero-order valence-electron chi connectivity index (χ0n) is 24.7. The number of nitrogens with one attached hydrogen (secondary N) is 3. The molecule has 15 heteroatoms. The summed E-state index contributed by atoms with van der Waals surface area (Å²) in [6.45, 7) is 3.44. The van der Waals surface area contributed by atoms with Gasteiger partial charge in [-0.25, -0.2) is 15.0 Å². The number of allylic oxidation sites excluding steroid dienone is 1. The van der Waals surface area contributed by atoms with E-state index >= 15 is 0 Å². The first-order chi connectivity index (χ1) is 22.0. The summed E-state index contributed by atoms with van der Waals surface area (Å²) < 4.78 is 23.8. The van der Waals surface area contributed by atoms with Gasteiger partial charge in [-0.1, -0.05) is 35.3 Å². The number of hydrogen-bond donors (Lipinski definition) is 3. The molecule has 0 radical (unpaired) electrons. The second kappa shape index (κ2) is 16.3. The van der Waals surface area contributed by atoms with Gasteiger partial charge in [0.15, 0.2) is 18.1 Å². The maximum absolute atomic E-state index is 12.6. The normalized spacial score (nSPS) is 14.4. The van der Waals surface area contributed by atoms with Crippen LogP contribution in [0.4, 0.5) is 4.79 Å². The van der Waals surface area contributed by atoms with E-state index in [1.54, 1.807) is 50.2 Å². The molecule has 0 saturated carbocycles. The van der Waals surface area contributed by atoms with E-state index in [0.29, 0.717) is 49.4 Å². The number of hydrazone groups is 1. The third-order valence-corrected chi connectivity index (χ3v) is 8.56. The van der Waals surface area contributed by atoms with Crippen molar-refractivity contribution in [3.63, 3.8) is 0 Å². The highest BCUT2D eigenvalue weighted by Crippen LogP contribution is 2.35. The van der Waals surface area contributed by atoms with Gasteiger partial charge in [0, 0.05) is 5.70 Å². The Morgan fingerprint density at radius 1 is 1.09 bits per heavy atom. The van der Waals surface area contributed by atoms with Crippen molar-refractivity contribution in [2.75, 3.05) is 20.3 Å². The minimum absolute atomic E-state index is 0.179. The number of methoxy groups -OCH3 is 1. The number of halogens is 4. The largest absolute Gasteiger partial charge is 0.493 e. The van der Waals surface area contributed by atoms with E-state index in [2.05, 4.69) is 59.7 Å². The van der Waals surface area contributed by atoms with Crippen LogP contribution in [0.1, 0.15) is 36.6 Å². The van der Waals surface area contributed by atoms with Gasteiger partial charge in [-0.3, -0.25) is 4.79 Å². The van der Waals surface area contributed by atoms with Gasteiger partial charge >= 0.3 is 12.0 Å². The molecule has 0 saturated heterocycles. The average Bonchev–Trinajstić information content (AvgIpc) is 3.01. The molecular weight excluding hydrogens is 818 g/mol. The molecule has 11 nitrogen and oxygen atoms in total. The van der Waals surface area contributed by atoms with Gasteiger partial charge in [0.25, 0.3) is 5.91 Å². The average molecular weight is 846 g/mol. The van der Waals surface area contributed by atoms with Crippen molar-refractivity contribution in [1.29, 1.82) is 0 Å². The van der Waals surface area contributed by atoms with E-state index in [4.69, 9.17) is 42.1 Å². The Balaban J connectivity index is 1.35. The van der Waals surface area contributed by atoms with Gasteiger partial charge in [0.1, 0.15) is 12.4 Å². The molecule has 1 atom stereocenters. The molecule has 0 bridgehead atoms. The summed E-state index contributed by atoms with van der Waals surface area (Å²) in [6.07, 6.45) is 1.49. The van der Waals surface area contributed by atoms with Crippen LogP contribution in [0.2, 0.25) is 10.0 Å². The molecule has 3 aromatic carbocycles. The van der Waals surface area contributed by atoms with Crippen molar-refractivity contribution in [3.05, 3.63) is 94.6 Å². The Labute approximate surface area is 297 Å². The zero-order valence-corrected chi connectivity index (χ0v) is 30.0. The lowest BCUT2D eigenvalue weighted by Crippen LogP contribution is -2.45. The molecule has 242 valence electrons. The molecule has 0 aromatic heterocycles. The van der Waals surface area contributed by atoms with Gasteiger partial charge in [-0.05, 0) is 105 Å². The molecular formula is C31H28BrCl2IN4O7. The summed E-state index contributed by atoms with van der Waals surface area (Å²) in [4.78, 5) is 37.3. The number of ether oxygens (including phenoxy) is 4. The lowest BCUT2D eigenvalue weighted by molar-refractivity contribution is -0.139. The number of rotatable bonds is 12. The molecule has 4 rings (SSSR count). The highest BCUT2D eigenvalue weighted by atomic mass is 127. The van der Waals surface area contributed by atoms with Crippen LogP contribution in [0.5, 0.6) is 17.2 Å². The van der Waals surface area contributed by atoms with E-state index in [1.807, 2.05) is 12.1 Å². The second-order valence-electron chi connectivity index (χ2n) is 9.63. The van der Waals surface area contributed by atoms with Crippen LogP contribution in [-0.4, -0.2) is 44.4 Å². The summed E-state index contributed by atoms with van der Waals surface area (Å²) in [6, 6.07) is 12.6. The fraction of sp³-hybridized carbons (Fsp3) is 0.226. The summed E-state index contributed by atoms with van der Waals surface area (Å²) in [5.41, 5.74) is 5.22. The predicted octanol–water partition coefficient (Wildman–Crippen LogP) is 6.67. The Bertz CT molecular complexity index is 1700. The molecule has 0 spiro atoms. The Kier molecular flexibility index (Phi) is 12.5. The number of nitrogens with zero attached hydrogens (tertiary/aromatic N) is 1. The standard InChI is InChI=1S/C31H28BrCl2IN4O7/c1-4-44-30(41)27-16(2)37-31(42)38-28(27)19-6-8-24(25(12-19)43-3)45-15-26(40)39-36-13-18-9-20(32)29(23(35)11-18)46-14-17-5-7-21(33)22(34)10-17/h5-13,28H,4,14-15H2,1-3H3,(H,39,40)(H2,37,38,42)/b36-13-/t28-/m1/s1. The van der Waals surface area contributed by atoms with E-state index in [-0.39, 0.29) is 24.5 Å². The van der Waals surface area contributed by atoms with Crippen molar-refractivity contribution < 1.29 is 33.3 Å². The fourth-order valence-electron chi connectivity index (χ4n) is 4.34. The van der Waals surface area contributed by atoms with Crippen molar-refractivity contribution in [3.8, 4) is 17.2 Å². The predicted molar refractivity (Wildman–Crippen MR) is 186 cm³/mol. The summed E-state index contributed by atoms with van der Waals surface area (Å²) in [5.74, 6) is 0.154. The van der Waals surface area contributed by atoms with Crippen LogP contribution >= 0.6 is 61.7 Å². The van der Waals surface area contributed by atoms with E-state index in [1.165, 1.54) is 13.3 Å². The molecule has 0 unspecified atom stereocenters. The molecule has 46 heavy (non-hydrogen) atoms. The first-order valence-electron chi connectivity index (χ1n) is 13.6. The van der Waals surface area contributed by atoms with Crippen LogP contribution in [0, 0.1) is 3.57 Å². The monoisotopic (exact) mass is 844 g/mol. The fourth-order valence-corrected chi connectivity index (χ4v) is 6.43. The third kappa shape index (κ3) is 9.05. The summed E-state index contributed by atoms with van der Waals surface area (Å²) >= 11 is 17.8. The summed E-state index contributed by atoms with van der Waals surface area (Å²) in [5, 5.41) is 10.3. The smallest absolute Gasteiger partial charge is 0.338 e. The van der Waals surface area contributed by atoms with E-state index < -0.39 is 23.9 Å². The molecule has 1 heterocycles. The molecule has 3 aromatic rings. The maximum Gasteiger partial charge on any atom is 0.338 e. The van der Waals surface area contributed by atoms with E-state index in [0.717, 1.165) is 9.13 Å². The van der Waals surface area contributed by atoms with E-state index in [9.17, 15) is 14.4 Å². The maximum atomic E-state index is 12.6. The number of urea groups is 1. The first kappa shape index (κ1) is 35.3. The molecule has 3 amide bonds. The van der Waals surface area contributed by atoms with Gasteiger partial charge in [-0.2, -0.15) is 5.10 Å². The number of hydrogen-bond acceptors (Lipinski definition) is 8. The molecule has 0 fully saturated rings. The van der Waals surface area contributed by atoms with Crippen molar-refractivity contribution in [2.24, 2.45) is 5.10 Å². The van der Waals surface area contributed by atoms with Crippen LogP contribution < -0.4 is 30.3 Å². The van der Waals surface area contributed by atoms with Crippen LogP contribution in [0.3, 0.4) is 0 Å². The number of carbonyl (C=O) groups excluding carboxylic acids is 3. The van der Waals surface area contributed by atoms with Gasteiger partial charge in [-0.15, -0.1) is 0 Å². The Morgan fingerprint density at radius 2 is 1.87 bits per heavy atom. The third-order valence-electron chi connectivity index (χ3n) is 6.43. The molecule has 3 N–H and O–H groups in total. The van der Waals surface area contributed by atoms with Crippen LogP contribution in [0.15, 0.2) is 69.4 Å². The quantitative estimate of drug-likeness (QED) is 0.0803. The minimum atomic E-state index is -0.778. The minimum Gasteiger partial charge on any atom is -0.493 e. The first-order valence-corrected chi connectivity index (χ1v) is 16.3. The number of benzene rings is 3. The Morgan fingerprint density at radius 3 is 2.57 bits per heavy atom. The van der Waals surface area contributed by atoms with Crippen LogP contribution in [-0.2, 0) is 20.9 Å². The number of amides is 3. The molecule has 1 aliphatic rings. The number of carbonyl (C=O) groups is 3. The van der Waals surface area contributed by atoms with Gasteiger partial charge in [0.2, 0.25) is 0 Å². The van der Waals surface area contributed by atoms with Crippen molar-refractivity contribution in [1.82, 2.24) is 16.1 Å². The highest BCUT2D eigenvalue weighted by Gasteiger charge is 2.32. The Hall–Kier alpha value is -3.53. The van der Waals surface area contributed by atoms with Crippen molar-refractivity contribution >= 4 is 85.8 Å². The lowest BCUT2D eigenvalue weighted by atomic mass is 9.95. The van der Waals surface area contributed by atoms with Crippen LogP contribution in [0.25, 0.3) is 0 Å². The molecule has 1 aliphatic heterocycles. The zero-order chi connectivity index (χ0) is 33.4. The summed E-state index contributed by atoms with van der Waals surface area (Å²) in [7, 11) is 1.44. The highest BCUT2D eigenvalue weighted by molar-refractivity contribution is 14.1. The second-order valence-corrected chi connectivity index (χ2v) is 12.5. The lowest BCUT2D eigenvalue weighted by Gasteiger charge is -2.28.